The van der Waals surface area contributed by atoms with Gasteiger partial charge in [0.15, 0.2) is 0 Å². The number of thiophene rings is 1. The molecule has 3 heteroatoms. The van der Waals surface area contributed by atoms with Crippen molar-refractivity contribution >= 4 is 17.2 Å². The van der Waals surface area contributed by atoms with Crippen LogP contribution < -0.4 is 5.32 Å². The minimum atomic E-state index is 0.0512. The van der Waals surface area contributed by atoms with E-state index in [0.717, 1.165) is 11.3 Å². The van der Waals surface area contributed by atoms with Gasteiger partial charge in [-0.2, -0.15) is 0 Å². The van der Waals surface area contributed by atoms with E-state index in [2.05, 4.69) is 19.2 Å². The molecule has 0 aliphatic heterocycles. The van der Waals surface area contributed by atoms with Gasteiger partial charge in [0.05, 0.1) is 4.88 Å². The molecule has 0 spiro atoms. The highest BCUT2D eigenvalue weighted by molar-refractivity contribution is 7.14. The van der Waals surface area contributed by atoms with Gasteiger partial charge in [-0.05, 0) is 31.9 Å². The number of hydrogen-bond donors (Lipinski definition) is 1. The Morgan fingerprint density at radius 3 is 2.69 bits per heavy atom. The molecule has 1 aromatic rings. The van der Waals surface area contributed by atoms with Crippen LogP contribution in [0.2, 0.25) is 0 Å². The van der Waals surface area contributed by atoms with Gasteiger partial charge in [0.25, 0.3) is 5.91 Å². The highest BCUT2D eigenvalue weighted by Crippen LogP contribution is 2.21. The van der Waals surface area contributed by atoms with Crippen LogP contribution in [0.15, 0.2) is 6.07 Å². The molecule has 13 heavy (non-hydrogen) atoms. The third-order valence-electron chi connectivity index (χ3n) is 1.96. The number of carbonyl (C=O) groups excluding carboxylic acids is 1. The average molecular weight is 197 g/mol. The molecule has 0 fully saturated rings. The normalized spacial score (nSPS) is 10.1. The van der Waals surface area contributed by atoms with Crippen LogP contribution in [0.3, 0.4) is 0 Å². The number of carbonyl (C=O) groups is 1. The molecule has 0 aliphatic carbocycles. The molecule has 0 radical (unpaired) electrons. The van der Waals surface area contributed by atoms with Crippen molar-refractivity contribution in [1.29, 1.82) is 0 Å². The number of aryl methyl sites for hydroxylation is 2. The maximum absolute atomic E-state index is 11.4. The van der Waals surface area contributed by atoms with Gasteiger partial charge in [-0.1, -0.05) is 6.92 Å². The molecule has 0 atom stereocenters. The smallest absolute Gasteiger partial charge is 0.261 e. The molecule has 2 nitrogen and oxygen atoms in total. The van der Waals surface area contributed by atoms with Gasteiger partial charge in [-0.3, -0.25) is 4.79 Å². The summed E-state index contributed by atoms with van der Waals surface area (Å²) in [4.78, 5) is 13.5. The lowest BCUT2D eigenvalue weighted by molar-refractivity contribution is 0.0960. The number of hydrogen-bond acceptors (Lipinski definition) is 2. The van der Waals surface area contributed by atoms with Crippen molar-refractivity contribution in [2.24, 2.45) is 0 Å². The van der Waals surface area contributed by atoms with Gasteiger partial charge in [-0.25, -0.2) is 0 Å². The second-order valence-corrected chi connectivity index (χ2v) is 4.16. The molecule has 0 aromatic carbocycles. The van der Waals surface area contributed by atoms with E-state index >= 15 is 0 Å². The maximum Gasteiger partial charge on any atom is 0.261 e. The van der Waals surface area contributed by atoms with E-state index in [1.807, 2.05) is 13.0 Å². The maximum atomic E-state index is 11.4. The Hall–Kier alpha value is -0.830. The van der Waals surface area contributed by atoms with Crippen molar-refractivity contribution in [3.63, 3.8) is 0 Å². The second kappa shape index (κ2) is 4.42. The fourth-order valence-corrected chi connectivity index (χ4v) is 2.26. The molecule has 1 N–H and O–H groups in total. The number of amides is 1. The van der Waals surface area contributed by atoms with Crippen LogP contribution in [0.4, 0.5) is 0 Å². The van der Waals surface area contributed by atoms with E-state index in [1.54, 1.807) is 11.3 Å². The van der Waals surface area contributed by atoms with Crippen molar-refractivity contribution in [1.82, 2.24) is 5.32 Å². The van der Waals surface area contributed by atoms with E-state index < -0.39 is 0 Å². The summed E-state index contributed by atoms with van der Waals surface area (Å²) in [6, 6.07) is 1.99. The third kappa shape index (κ3) is 2.31. The minimum absolute atomic E-state index is 0.0512. The first-order valence-corrected chi connectivity index (χ1v) is 5.38. The number of rotatable bonds is 3. The summed E-state index contributed by atoms with van der Waals surface area (Å²) in [7, 11) is 0. The first kappa shape index (κ1) is 10.3. The van der Waals surface area contributed by atoms with E-state index in [1.165, 1.54) is 10.4 Å². The number of nitrogens with one attached hydrogen (secondary N) is 1. The molecule has 0 bridgehead atoms. The summed E-state index contributed by atoms with van der Waals surface area (Å²) in [5, 5.41) is 2.80. The standard InChI is InChI=1S/C10H15NOS/c1-4-8-6-9(13-7(8)3)10(12)11-5-2/h6H,4-5H2,1-3H3,(H,11,12). The van der Waals surface area contributed by atoms with E-state index in [9.17, 15) is 4.79 Å². The highest BCUT2D eigenvalue weighted by Gasteiger charge is 2.09. The summed E-state index contributed by atoms with van der Waals surface area (Å²) >= 11 is 1.57. The van der Waals surface area contributed by atoms with Gasteiger partial charge in [-0.15, -0.1) is 11.3 Å². The molecular formula is C10H15NOS. The van der Waals surface area contributed by atoms with E-state index in [4.69, 9.17) is 0 Å². The summed E-state index contributed by atoms with van der Waals surface area (Å²) in [6.07, 6.45) is 1.00. The van der Waals surface area contributed by atoms with Crippen LogP contribution in [-0.2, 0) is 6.42 Å². The monoisotopic (exact) mass is 197 g/mol. The largest absolute Gasteiger partial charge is 0.352 e. The SMILES string of the molecule is CCNC(=O)c1cc(CC)c(C)s1. The van der Waals surface area contributed by atoms with Gasteiger partial charge < -0.3 is 5.32 Å². The molecule has 1 aromatic heterocycles. The molecule has 0 saturated carbocycles. The predicted molar refractivity (Wildman–Crippen MR) is 56.4 cm³/mol. The Morgan fingerprint density at radius 2 is 2.23 bits per heavy atom. The van der Waals surface area contributed by atoms with Crippen LogP contribution in [0.1, 0.15) is 34.0 Å². The molecule has 1 rings (SSSR count). The highest BCUT2D eigenvalue weighted by atomic mass is 32.1. The molecule has 0 aliphatic rings. The Bertz CT molecular complexity index is 304. The predicted octanol–water partition coefficient (Wildman–Crippen LogP) is 2.37. The first-order chi connectivity index (χ1) is 6.19. The fourth-order valence-electron chi connectivity index (χ4n) is 1.23. The Kier molecular flexibility index (Phi) is 3.48. The van der Waals surface area contributed by atoms with Crippen molar-refractivity contribution in [3.05, 3.63) is 21.4 Å². The summed E-state index contributed by atoms with van der Waals surface area (Å²) in [5.74, 6) is 0.0512. The molecule has 72 valence electrons. The topological polar surface area (TPSA) is 29.1 Å². The molecule has 0 unspecified atom stereocenters. The molecule has 1 amide bonds. The van der Waals surface area contributed by atoms with Crippen molar-refractivity contribution in [3.8, 4) is 0 Å². The van der Waals surface area contributed by atoms with E-state index in [0.29, 0.717) is 6.54 Å². The summed E-state index contributed by atoms with van der Waals surface area (Å²) < 4.78 is 0. The zero-order valence-electron chi connectivity index (χ0n) is 8.31. The summed E-state index contributed by atoms with van der Waals surface area (Å²) in [5.41, 5.74) is 1.28. The van der Waals surface area contributed by atoms with Gasteiger partial charge >= 0.3 is 0 Å². The van der Waals surface area contributed by atoms with Crippen LogP contribution in [0.25, 0.3) is 0 Å². The summed E-state index contributed by atoms with van der Waals surface area (Å²) in [6.45, 7) is 6.79. The van der Waals surface area contributed by atoms with Crippen LogP contribution in [0, 0.1) is 6.92 Å². The molecule has 0 saturated heterocycles. The third-order valence-corrected chi connectivity index (χ3v) is 3.05. The van der Waals surface area contributed by atoms with Crippen molar-refractivity contribution in [2.45, 2.75) is 27.2 Å². The van der Waals surface area contributed by atoms with Crippen molar-refractivity contribution in [2.75, 3.05) is 6.54 Å². The Balaban J connectivity index is 2.84. The van der Waals surface area contributed by atoms with Gasteiger partial charge in [0.2, 0.25) is 0 Å². The van der Waals surface area contributed by atoms with Crippen LogP contribution in [0.5, 0.6) is 0 Å². The lowest BCUT2D eigenvalue weighted by atomic mass is 10.2. The van der Waals surface area contributed by atoms with Crippen LogP contribution in [-0.4, -0.2) is 12.5 Å². The lowest BCUT2D eigenvalue weighted by Gasteiger charge is -1.96. The second-order valence-electron chi connectivity index (χ2n) is 2.91. The van der Waals surface area contributed by atoms with Crippen LogP contribution >= 0.6 is 11.3 Å². The Morgan fingerprint density at radius 1 is 1.54 bits per heavy atom. The average Bonchev–Trinajstić information content (AvgIpc) is 2.47. The Labute approximate surface area is 83.0 Å². The molecule has 1 heterocycles. The zero-order valence-corrected chi connectivity index (χ0v) is 9.12. The zero-order chi connectivity index (χ0) is 9.84. The van der Waals surface area contributed by atoms with Gasteiger partial charge in [0.1, 0.15) is 0 Å². The van der Waals surface area contributed by atoms with Gasteiger partial charge in [0, 0.05) is 11.4 Å². The van der Waals surface area contributed by atoms with Crippen molar-refractivity contribution < 1.29 is 4.79 Å². The fraction of sp³-hybridized carbons (Fsp3) is 0.500. The minimum Gasteiger partial charge on any atom is -0.352 e. The quantitative estimate of drug-likeness (QED) is 0.792. The first-order valence-electron chi connectivity index (χ1n) is 4.56. The molecular weight excluding hydrogens is 182 g/mol. The lowest BCUT2D eigenvalue weighted by Crippen LogP contribution is -2.21. The van der Waals surface area contributed by atoms with E-state index in [-0.39, 0.29) is 5.91 Å².